The first-order chi connectivity index (χ1) is 11.0. The Labute approximate surface area is 138 Å². The van der Waals surface area contributed by atoms with Crippen LogP contribution in [-0.4, -0.2) is 24.0 Å². The lowest BCUT2D eigenvalue weighted by atomic mass is 9.92. The lowest BCUT2D eigenvalue weighted by Gasteiger charge is -2.17. The zero-order valence-electron chi connectivity index (χ0n) is 12.9. The molecule has 2 rings (SSSR count). The summed E-state index contributed by atoms with van der Waals surface area (Å²) < 4.78 is 5.08. The van der Waals surface area contributed by atoms with Crippen molar-refractivity contribution < 1.29 is 19.4 Å². The van der Waals surface area contributed by atoms with Crippen molar-refractivity contribution in [2.24, 2.45) is 0 Å². The Balaban J connectivity index is 2.07. The molecular formula is C16H17N2O4S-. The third-order valence-corrected chi connectivity index (χ3v) is 4.17. The van der Waals surface area contributed by atoms with Gasteiger partial charge in [0.1, 0.15) is 5.75 Å². The Morgan fingerprint density at radius 1 is 1.30 bits per heavy atom. The summed E-state index contributed by atoms with van der Waals surface area (Å²) >= 11 is 1.33. The van der Waals surface area contributed by atoms with Gasteiger partial charge in [0.2, 0.25) is 5.91 Å². The SMILES string of the molecule is COc1ccc([C@@H](CC(=O)[O-])CC(=O)Nc2nc(C)cs2)cc1. The van der Waals surface area contributed by atoms with Crippen LogP contribution in [0, 0.1) is 6.92 Å². The van der Waals surface area contributed by atoms with Crippen LogP contribution in [0.4, 0.5) is 5.13 Å². The van der Waals surface area contributed by atoms with Gasteiger partial charge in [0.05, 0.1) is 12.8 Å². The van der Waals surface area contributed by atoms with Crippen molar-refractivity contribution in [2.45, 2.75) is 25.7 Å². The maximum Gasteiger partial charge on any atom is 0.226 e. The van der Waals surface area contributed by atoms with Crippen LogP contribution in [0.2, 0.25) is 0 Å². The number of aryl methyl sites for hydroxylation is 1. The summed E-state index contributed by atoms with van der Waals surface area (Å²) in [5.41, 5.74) is 1.58. The number of carboxylic acid groups (broad SMARTS) is 1. The predicted octanol–water partition coefficient (Wildman–Crippen LogP) is 1.71. The highest BCUT2D eigenvalue weighted by Crippen LogP contribution is 2.26. The van der Waals surface area contributed by atoms with E-state index in [4.69, 9.17) is 4.74 Å². The highest BCUT2D eigenvalue weighted by molar-refractivity contribution is 7.13. The van der Waals surface area contributed by atoms with Gasteiger partial charge in [-0.15, -0.1) is 11.3 Å². The topological polar surface area (TPSA) is 91.4 Å². The van der Waals surface area contributed by atoms with E-state index in [1.807, 2.05) is 12.3 Å². The number of carbonyl (C=O) groups is 2. The molecule has 2 aromatic rings. The van der Waals surface area contributed by atoms with Crippen LogP contribution < -0.4 is 15.2 Å². The molecule has 1 aromatic carbocycles. The molecule has 1 N–H and O–H groups in total. The molecule has 0 bridgehead atoms. The Hall–Kier alpha value is -2.41. The fourth-order valence-electron chi connectivity index (χ4n) is 2.19. The molecule has 7 heteroatoms. The van der Waals surface area contributed by atoms with Gasteiger partial charge in [-0.05, 0) is 37.0 Å². The first kappa shape index (κ1) is 17.0. The Kier molecular flexibility index (Phi) is 5.70. The fourth-order valence-corrected chi connectivity index (χ4v) is 2.89. The molecule has 6 nitrogen and oxygen atoms in total. The van der Waals surface area contributed by atoms with Gasteiger partial charge in [-0.1, -0.05) is 12.1 Å². The van der Waals surface area contributed by atoms with E-state index in [0.29, 0.717) is 10.9 Å². The monoisotopic (exact) mass is 333 g/mol. The minimum Gasteiger partial charge on any atom is -0.550 e. The zero-order valence-corrected chi connectivity index (χ0v) is 13.7. The summed E-state index contributed by atoms with van der Waals surface area (Å²) in [4.78, 5) is 27.3. The second kappa shape index (κ2) is 7.73. The second-order valence-electron chi connectivity index (χ2n) is 5.09. The number of aliphatic carboxylic acids is 1. The molecule has 1 amide bonds. The van der Waals surface area contributed by atoms with Crippen LogP contribution in [0.3, 0.4) is 0 Å². The smallest absolute Gasteiger partial charge is 0.226 e. The molecule has 0 saturated heterocycles. The quantitative estimate of drug-likeness (QED) is 0.833. The van der Waals surface area contributed by atoms with Crippen LogP contribution in [0.15, 0.2) is 29.6 Å². The van der Waals surface area contributed by atoms with Gasteiger partial charge in [0.15, 0.2) is 5.13 Å². The molecule has 1 atom stereocenters. The number of hydrogen-bond acceptors (Lipinski definition) is 6. The largest absolute Gasteiger partial charge is 0.550 e. The molecule has 1 heterocycles. The minimum absolute atomic E-state index is 0.0406. The van der Waals surface area contributed by atoms with E-state index in [2.05, 4.69) is 10.3 Å². The van der Waals surface area contributed by atoms with Gasteiger partial charge in [0.25, 0.3) is 0 Å². The van der Waals surface area contributed by atoms with Crippen molar-refractivity contribution in [1.29, 1.82) is 0 Å². The van der Waals surface area contributed by atoms with Gasteiger partial charge in [-0.2, -0.15) is 0 Å². The third kappa shape index (κ3) is 5.07. The van der Waals surface area contributed by atoms with Crippen molar-refractivity contribution in [3.8, 4) is 5.75 Å². The molecule has 1 aromatic heterocycles. The number of thiazole rings is 1. The van der Waals surface area contributed by atoms with Crippen molar-refractivity contribution >= 4 is 28.3 Å². The molecule has 0 spiro atoms. The number of aromatic nitrogens is 1. The minimum atomic E-state index is -1.19. The average Bonchev–Trinajstić information content (AvgIpc) is 2.91. The van der Waals surface area contributed by atoms with Crippen molar-refractivity contribution in [3.05, 3.63) is 40.9 Å². The first-order valence-electron chi connectivity index (χ1n) is 7.03. The summed E-state index contributed by atoms with van der Waals surface area (Å²) in [5, 5.41) is 16.0. The molecule has 0 radical (unpaired) electrons. The van der Waals surface area contributed by atoms with E-state index in [9.17, 15) is 14.7 Å². The number of carbonyl (C=O) groups excluding carboxylic acids is 2. The predicted molar refractivity (Wildman–Crippen MR) is 85.5 cm³/mol. The van der Waals surface area contributed by atoms with Gasteiger partial charge < -0.3 is 20.0 Å². The summed E-state index contributed by atoms with van der Waals surface area (Å²) in [6.07, 6.45) is -0.185. The number of nitrogens with one attached hydrogen (secondary N) is 1. The highest BCUT2D eigenvalue weighted by atomic mass is 32.1. The summed E-state index contributed by atoms with van der Waals surface area (Å²) in [6.45, 7) is 1.84. The van der Waals surface area contributed by atoms with Gasteiger partial charge in [0, 0.05) is 17.8 Å². The van der Waals surface area contributed by atoms with Crippen LogP contribution in [0.5, 0.6) is 5.75 Å². The maximum atomic E-state index is 12.1. The molecule has 122 valence electrons. The third-order valence-electron chi connectivity index (χ3n) is 3.30. The Morgan fingerprint density at radius 3 is 2.52 bits per heavy atom. The number of anilines is 1. The second-order valence-corrected chi connectivity index (χ2v) is 5.95. The number of ether oxygens (including phenoxy) is 1. The van der Waals surface area contributed by atoms with Crippen LogP contribution >= 0.6 is 11.3 Å². The average molecular weight is 333 g/mol. The van der Waals surface area contributed by atoms with Crippen LogP contribution in [-0.2, 0) is 9.59 Å². The van der Waals surface area contributed by atoms with Crippen LogP contribution in [0.25, 0.3) is 0 Å². The molecule has 0 unspecified atom stereocenters. The molecule has 0 aliphatic rings. The lowest BCUT2D eigenvalue weighted by molar-refractivity contribution is -0.306. The number of amides is 1. The molecular weight excluding hydrogens is 316 g/mol. The number of carboxylic acids is 1. The van der Waals surface area contributed by atoms with Gasteiger partial charge in [-0.3, -0.25) is 4.79 Å². The number of benzene rings is 1. The molecule has 0 saturated carbocycles. The molecule has 23 heavy (non-hydrogen) atoms. The van der Waals surface area contributed by atoms with Crippen molar-refractivity contribution in [1.82, 2.24) is 4.98 Å². The zero-order chi connectivity index (χ0) is 16.8. The van der Waals surface area contributed by atoms with E-state index in [1.165, 1.54) is 11.3 Å². The highest BCUT2D eigenvalue weighted by Gasteiger charge is 2.17. The Morgan fingerprint density at radius 2 is 2.00 bits per heavy atom. The molecule has 0 aliphatic heterocycles. The van der Waals surface area contributed by atoms with Gasteiger partial charge >= 0.3 is 0 Å². The van der Waals surface area contributed by atoms with E-state index in [0.717, 1.165) is 11.3 Å². The number of methoxy groups -OCH3 is 1. The van der Waals surface area contributed by atoms with E-state index >= 15 is 0 Å². The van der Waals surface area contributed by atoms with E-state index < -0.39 is 11.9 Å². The standard InChI is InChI=1S/C16H18N2O4S/c1-10-9-23-16(17-10)18-14(19)7-12(8-15(20)21)11-3-5-13(22-2)6-4-11/h3-6,9,12H,7-8H2,1-2H3,(H,20,21)(H,17,18,19)/p-1/t12-/m1/s1. The summed E-state index contributed by atoms with van der Waals surface area (Å²) in [7, 11) is 1.55. The Bertz CT molecular complexity index is 682. The maximum absolute atomic E-state index is 12.1. The molecule has 0 aliphatic carbocycles. The van der Waals surface area contributed by atoms with Crippen molar-refractivity contribution in [2.75, 3.05) is 12.4 Å². The van der Waals surface area contributed by atoms with Crippen molar-refractivity contribution in [3.63, 3.8) is 0 Å². The van der Waals surface area contributed by atoms with E-state index in [1.54, 1.807) is 31.4 Å². The van der Waals surface area contributed by atoms with Crippen LogP contribution in [0.1, 0.15) is 30.0 Å². The van der Waals surface area contributed by atoms with Gasteiger partial charge in [-0.25, -0.2) is 4.98 Å². The first-order valence-corrected chi connectivity index (χ1v) is 7.91. The normalized spacial score (nSPS) is 11.7. The molecule has 0 fully saturated rings. The number of nitrogens with zero attached hydrogens (tertiary/aromatic N) is 1. The fraction of sp³-hybridized carbons (Fsp3) is 0.312. The number of hydrogen-bond donors (Lipinski definition) is 1. The number of rotatable bonds is 7. The summed E-state index contributed by atoms with van der Waals surface area (Å²) in [5.74, 6) is -1.26. The summed E-state index contributed by atoms with van der Waals surface area (Å²) in [6, 6.07) is 6.99. The lowest BCUT2D eigenvalue weighted by Crippen LogP contribution is -2.26. The van der Waals surface area contributed by atoms with E-state index in [-0.39, 0.29) is 18.7 Å².